The van der Waals surface area contributed by atoms with Gasteiger partial charge in [0.25, 0.3) is 0 Å². The van der Waals surface area contributed by atoms with Gasteiger partial charge in [-0.25, -0.2) is 4.79 Å². The number of carbonyl (C=O) groups is 2. The van der Waals surface area contributed by atoms with Crippen molar-refractivity contribution < 1.29 is 28.4 Å². The van der Waals surface area contributed by atoms with Gasteiger partial charge in [-0.1, -0.05) is 42.5 Å². The summed E-state index contributed by atoms with van der Waals surface area (Å²) in [5, 5.41) is 2.92. The number of alkyl carbamates (subject to hydrolysis) is 1. The Hall–Kier alpha value is -3.04. The highest BCUT2D eigenvalue weighted by Gasteiger charge is 2.51. The topological polar surface area (TPSA) is 86.3 Å². The fourth-order valence-electron chi connectivity index (χ4n) is 4.81. The maximum Gasteiger partial charge on any atom is 0.494 e. The van der Waals surface area contributed by atoms with Crippen LogP contribution in [0.25, 0.3) is 0 Å². The van der Waals surface area contributed by atoms with Gasteiger partial charge in [0.1, 0.15) is 18.0 Å². The molecule has 2 aliphatic heterocycles. The van der Waals surface area contributed by atoms with Gasteiger partial charge < -0.3 is 29.0 Å². The van der Waals surface area contributed by atoms with Gasteiger partial charge in [-0.05, 0) is 78.4 Å². The molecule has 0 radical (unpaired) electrons. The molecule has 2 fully saturated rings. The van der Waals surface area contributed by atoms with E-state index in [0.29, 0.717) is 25.4 Å². The fourth-order valence-corrected chi connectivity index (χ4v) is 4.81. The number of piperidine rings is 1. The molecular weight excluding hydrogens is 507 g/mol. The molecule has 2 aromatic carbocycles. The molecule has 0 saturated carbocycles. The zero-order valence-electron chi connectivity index (χ0n) is 24.9. The number of hydrogen-bond donors (Lipinski definition) is 1. The van der Waals surface area contributed by atoms with E-state index in [1.54, 1.807) is 0 Å². The quantitative estimate of drug-likeness (QED) is 0.507. The van der Waals surface area contributed by atoms with Crippen LogP contribution in [-0.4, -0.2) is 60.0 Å². The van der Waals surface area contributed by atoms with Crippen molar-refractivity contribution in [2.45, 2.75) is 97.2 Å². The Morgan fingerprint density at radius 3 is 2.38 bits per heavy atom. The molecule has 2 amide bonds. The number of nitrogens with zero attached hydrogens (tertiary/aromatic N) is 1. The maximum atomic E-state index is 13.6. The van der Waals surface area contributed by atoms with Crippen LogP contribution in [0.4, 0.5) is 4.79 Å². The van der Waals surface area contributed by atoms with Crippen LogP contribution in [0.2, 0.25) is 0 Å². The van der Waals surface area contributed by atoms with Crippen LogP contribution in [0.5, 0.6) is 5.75 Å². The number of rotatable bonds is 7. The molecule has 2 aromatic rings. The first-order valence-electron chi connectivity index (χ1n) is 14.1. The van der Waals surface area contributed by atoms with Crippen molar-refractivity contribution in [3.05, 3.63) is 59.7 Å². The molecular formula is C31H43BN2O6. The lowest BCUT2D eigenvalue weighted by molar-refractivity contribution is -0.131. The van der Waals surface area contributed by atoms with E-state index in [1.165, 1.54) is 0 Å². The maximum absolute atomic E-state index is 13.6. The lowest BCUT2D eigenvalue weighted by Crippen LogP contribution is -2.50. The number of ether oxygens (including phenoxy) is 2. The summed E-state index contributed by atoms with van der Waals surface area (Å²) >= 11 is 0. The first-order valence-corrected chi connectivity index (χ1v) is 14.1. The van der Waals surface area contributed by atoms with Crippen molar-refractivity contribution in [2.24, 2.45) is 0 Å². The number of likely N-dealkylation sites (tertiary alicyclic amines) is 1. The minimum Gasteiger partial charge on any atom is -0.489 e. The molecule has 2 saturated heterocycles. The summed E-state index contributed by atoms with van der Waals surface area (Å²) in [6, 6.07) is 15.6. The van der Waals surface area contributed by atoms with Crippen LogP contribution < -0.4 is 15.5 Å². The molecule has 0 spiro atoms. The van der Waals surface area contributed by atoms with Crippen LogP contribution in [0.1, 0.15) is 72.4 Å². The first kappa shape index (κ1) is 29.9. The molecule has 2 heterocycles. The van der Waals surface area contributed by atoms with Crippen LogP contribution >= 0.6 is 0 Å². The molecule has 2 aliphatic rings. The molecule has 8 nitrogen and oxygen atoms in total. The summed E-state index contributed by atoms with van der Waals surface area (Å²) < 4.78 is 24.2. The zero-order valence-corrected chi connectivity index (χ0v) is 24.9. The van der Waals surface area contributed by atoms with E-state index in [1.807, 2.05) is 102 Å². The van der Waals surface area contributed by atoms with Crippen molar-refractivity contribution in [3.8, 4) is 5.75 Å². The summed E-state index contributed by atoms with van der Waals surface area (Å²) in [5.74, 6) is 0.629. The molecule has 4 rings (SSSR count). The first-order chi connectivity index (χ1) is 18.7. The number of amides is 2. The second-order valence-electron chi connectivity index (χ2n) is 12.7. The van der Waals surface area contributed by atoms with E-state index in [-0.39, 0.29) is 18.4 Å². The molecule has 1 unspecified atom stereocenters. The summed E-state index contributed by atoms with van der Waals surface area (Å²) in [6.07, 6.45) is 1.30. The van der Waals surface area contributed by atoms with E-state index < -0.39 is 30.0 Å². The van der Waals surface area contributed by atoms with Crippen LogP contribution in [0, 0.1) is 0 Å². The third-order valence-electron chi connectivity index (χ3n) is 7.68. The van der Waals surface area contributed by atoms with Crippen molar-refractivity contribution >= 4 is 24.6 Å². The largest absolute Gasteiger partial charge is 0.494 e. The molecule has 40 heavy (non-hydrogen) atoms. The van der Waals surface area contributed by atoms with E-state index in [4.69, 9.17) is 18.8 Å². The average molecular weight is 551 g/mol. The summed E-state index contributed by atoms with van der Waals surface area (Å²) in [5.41, 5.74) is 1.14. The van der Waals surface area contributed by atoms with Gasteiger partial charge in [-0.3, -0.25) is 4.79 Å². The molecule has 9 heteroatoms. The van der Waals surface area contributed by atoms with E-state index in [2.05, 4.69) is 5.32 Å². The predicted octanol–water partition coefficient (Wildman–Crippen LogP) is 4.62. The van der Waals surface area contributed by atoms with Crippen LogP contribution in [0.15, 0.2) is 48.5 Å². The number of nitrogens with one attached hydrogen (secondary N) is 1. The summed E-state index contributed by atoms with van der Waals surface area (Å²) in [4.78, 5) is 27.7. The van der Waals surface area contributed by atoms with Gasteiger partial charge in [0.05, 0.1) is 17.6 Å². The normalized spacial score (nSPS) is 20.2. The van der Waals surface area contributed by atoms with Gasteiger partial charge in [0, 0.05) is 24.7 Å². The Labute approximate surface area is 238 Å². The SMILES string of the molecule is CC(C)(C)OC(=O)NC1CCCN(C(=O)Cc2cc(B3OC(C)(C)C(C)(C)O3)ccc2OCc2ccccc2)C1. The Morgan fingerprint density at radius 2 is 1.73 bits per heavy atom. The van der Waals surface area contributed by atoms with Gasteiger partial charge in [-0.15, -0.1) is 0 Å². The number of benzene rings is 2. The molecule has 0 aliphatic carbocycles. The third kappa shape index (κ3) is 7.58. The lowest BCUT2D eigenvalue weighted by atomic mass is 9.78. The highest BCUT2D eigenvalue weighted by molar-refractivity contribution is 6.62. The fraction of sp³-hybridized carbons (Fsp3) is 0.548. The highest BCUT2D eigenvalue weighted by Crippen LogP contribution is 2.37. The summed E-state index contributed by atoms with van der Waals surface area (Å²) in [6.45, 7) is 15.1. The van der Waals surface area contributed by atoms with Gasteiger partial charge >= 0.3 is 13.2 Å². The summed E-state index contributed by atoms with van der Waals surface area (Å²) in [7, 11) is -0.542. The smallest absolute Gasteiger partial charge is 0.489 e. The van der Waals surface area contributed by atoms with Crippen molar-refractivity contribution in [3.63, 3.8) is 0 Å². The number of carbonyl (C=O) groups excluding carboxylic acids is 2. The Balaban J connectivity index is 1.50. The minimum absolute atomic E-state index is 0.0219. The second-order valence-corrected chi connectivity index (χ2v) is 12.7. The minimum atomic E-state index is -0.577. The molecule has 1 N–H and O–H groups in total. The Morgan fingerprint density at radius 1 is 1.05 bits per heavy atom. The molecule has 1 atom stereocenters. The third-order valence-corrected chi connectivity index (χ3v) is 7.68. The molecule has 216 valence electrons. The Bertz CT molecular complexity index is 1180. The monoisotopic (exact) mass is 550 g/mol. The van der Waals surface area contributed by atoms with Crippen LogP contribution in [0.3, 0.4) is 0 Å². The number of hydrogen-bond acceptors (Lipinski definition) is 6. The predicted molar refractivity (Wildman–Crippen MR) is 156 cm³/mol. The average Bonchev–Trinajstić information content (AvgIpc) is 3.09. The van der Waals surface area contributed by atoms with E-state index in [9.17, 15) is 9.59 Å². The van der Waals surface area contributed by atoms with E-state index >= 15 is 0 Å². The Kier molecular flexibility index (Phi) is 8.85. The highest BCUT2D eigenvalue weighted by atomic mass is 16.7. The van der Waals surface area contributed by atoms with Gasteiger partial charge in [0.2, 0.25) is 5.91 Å². The van der Waals surface area contributed by atoms with Crippen molar-refractivity contribution in [1.82, 2.24) is 10.2 Å². The van der Waals surface area contributed by atoms with Gasteiger partial charge in [-0.2, -0.15) is 0 Å². The lowest BCUT2D eigenvalue weighted by Gasteiger charge is -2.34. The van der Waals surface area contributed by atoms with E-state index in [0.717, 1.165) is 29.4 Å². The molecule has 0 bridgehead atoms. The van der Waals surface area contributed by atoms with Crippen molar-refractivity contribution in [1.29, 1.82) is 0 Å². The van der Waals surface area contributed by atoms with Crippen molar-refractivity contribution in [2.75, 3.05) is 13.1 Å². The zero-order chi connectivity index (χ0) is 29.1. The standard InChI is InChI=1S/C31H43BN2O6/c1-29(2,3)38-28(36)33-25-14-11-17-34(20-25)27(35)19-23-18-24(32-39-30(4,5)31(6,7)40-32)15-16-26(23)37-21-22-12-9-8-10-13-22/h8-10,12-13,15-16,18,25H,11,14,17,19-21H2,1-7H3,(H,33,36). The molecule has 0 aromatic heterocycles. The van der Waals surface area contributed by atoms with Crippen LogP contribution in [-0.2, 0) is 31.9 Å². The second kappa shape index (κ2) is 11.8. The van der Waals surface area contributed by atoms with Gasteiger partial charge in [0.15, 0.2) is 0 Å².